The molecule has 0 aliphatic heterocycles. The zero-order chi connectivity index (χ0) is 22.5. The summed E-state index contributed by atoms with van der Waals surface area (Å²) in [4.78, 5) is 27.5. The van der Waals surface area contributed by atoms with Crippen LogP contribution in [0.2, 0.25) is 0 Å². The van der Waals surface area contributed by atoms with Crippen molar-refractivity contribution in [3.63, 3.8) is 0 Å². The van der Waals surface area contributed by atoms with Crippen LogP contribution in [0, 0.1) is 11.7 Å². The highest BCUT2D eigenvalue weighted by atomic mass is 19.1. The molecule has 0 saturated heterocycles. The molecule has 2 aliphatic carbocycles. The molecule has 2 aromatic carbocycles. The first-order valence-corrected chi connectivity index (χ1v) is 11.7. The second-order valence-electron chi connectivity index (χ2n) is 9.13. The minimum Gasteiger partial charge on any atom is -0.330 e. The molecule has 0 heterocycles. The number of nitrogens with one attached hydrogen (secondary N) is 1. The van der Waals surface area contributed by atoms with Crippen molar-refractivity contribution in [3.8, 4) is 0 Å². The maximum atomic E-state index is 13.8. The fourth-order valence-corrected chi connectivity index (χ4v) is 4.98. The summed E-state index contributed by atoms with van der Waals surface area (Å²) in [6, 6.07) is 13.3. The highest BCUT2D eigenvalue weighted by molar-refractivity contribution is 5.94. The number of hydrogen-bond acceptors (Lipinski definition) is 3. The lowest BCUT2D eigenvalue weighted by molar-refractivity contribution is -0.119. The number of nitrogens with two attached hydrogens (primary N) is 1. The molecule has 5 nitrogen and oxygen atoms in total. The van der Waals surface area contributed by atoms with E-state index in [1.807, 2.05) is 24.3 Å². The predicted molar refractivity (Wildman–Crippen MR) is 124 cm³/mol. The van der Waals surface area contributed by atoms with Crippen molar-refractivity contribution in [2.45, 2.75) is 70.0 Å². The van der Waals surface area contributed by atoms with E-state index in [4.69, 9.17) is 5.73 Å². The van der Waals surface area contributed by atoms with Gasteiger partial charge in [-0.15, -0.1) is 0 Å². The maximum absolute atomic E-state index is 13.8. The number of anilines is 1. The van der Waals surface area contributed by atoms with E-state index < -0.39 is 5.82 Å². The van der Waals surface area contributed by atoms with Crippen molar-refractivity contribution in [2.75, 3.05) is 5.32 Å². The number of benzene rings is 2. The Labute approximate surface area is 189 Å². The molecule has 3 N–H and O–H groups in total. The monoisotopic (exact) mass is 437 g/mol. The van der Waals surface area contributed by atoms with E-state index in [-0.39, 0.29) is 29.8 Å². The summed E-state index contributed by atoms with van der Waals surface area (Å²) in [6.45, 7) is 0.393. The summed E-state index contributed by atoms with van der Waals surface area (Å²) in [6.07, 6.45) is 7.98. The van der Waals surface area contributed by atoms with Gasteiger partial charge < -0.3 is 16.0 Å². The fraction of sp³-hybridized carbons (Fsp3) is 0.462. The number of carbonyl (C=O) groups is 2. The Bertz CT molecular complexity index is 940. The van der Waals surface area contributed by atoms with E-state index in [9.17, 15) is 14.0 Å². The average Bonchev–Trinajstić information content (AvgIpc) is 3.34. The van der Waals surface area contributed by atoms with Gasteiger partial charge >= 0.3 is 0 Å². The first kappa shape index (κ1) is 22.5. The van der Waals surface area contributed by atoms with Gasteiger partial charge in [0, 0.05) is 35.8 Å². The van der Waals surface area contributed by atoms with E-state index >= 15 is 0 Å². The van der Waals surface area contributed by atoms with Crippen molar-refractivity contribution < 1.29 is 14.0 Å². The van der Waals surface area contributed by atoms with Crippen molar-refractivity contribution in [2.24, 2.45) is 11.7 Å². The summed E-state index contributed by atoms with van der Waals surface area (Å²) in [5.74, 6) is -0.426. The predicted octanol–water partition coefficient (Wildman–Crippen LogP) is 4.87. The lowest BCUT2D eigenvalue weighted by Gasteiger charge is -2.38. The molecule has 4 rings (SSSR count). The number of amides is 2. The van der Waals surface area contributed by atoms with Crippen LogP contribution in [0.3, 0.4) is 0 Å². The molecule has 2 unspecified atom stereocenters. The summed E-state index contributed by atoms with van der Waals surface area (Å²) in [5.41, 5.74) is 8.46. The van der Waals surface area contributed by atoms with Gasteiger partial charge in [0.25, 0.3) is 5.91 Å². The smallest absolute Gasteiger partial charge is 0.254 e. The SMILES string of the molecule is NC1CCCCC1N(Cc1ccc(NC(=O)C2CCCC2)cc1)C(=O)c1cccc(F)c1. The lowest BCUT2D eigenvalue weighted by Crippen LogP contribution is -2.51. The minimum atomic E-state index is -0.425. The van der Waals surface area contributed by atoms with Crippen molar-refractivity contribution in [3.05, 3.63) is 65.5 Å². The van der Waals surface area contributed by atoms with Gasteiger partial charge in [-0.05, 0) is 61.6 Å². The van der Waals surface area contributed by atoms with Crippen LogP contribution in [0.5, 0.6) is 0 Å². The number of halogens is 1. The van der Waals surface area contributed by atoms with Gasteiger partial charge in [-0.25, -0.2) is 4.39 Å². The zero-order valence-corrected chi connectivity index (χ0v) is 18.4. The van der Waals surface area contributed by atoms with Crippen LogP contribution in [0.4, 0.5) is 10.1 Å². The molecular formula is C26H32FN3O2. The molecule has 2 saturated carbocycles. The average molecular weight is 438 g/mol. The van der Waals surface area contributed by atoms with Crippen LogP contribution in [-0.4, -0.2) is 28.8 Å². The molecule has 2 aliphatic rings. The fourth-order valence-electron chi connectivity index (χ4n) is 4.98. The maximum Gasteiger partial charge on any atom is 0.254 e. The highest BCUT2D eigenvalue weighted by Crippen LogP contribution is 2.27. The molecule has 2 aromatic rings. The summed E-state index contributed by atoms with van der Waals surface area (Å²) >= 11 is 0. The number of nitrogens with zero attached hydrogens (tertiary/aromatic N) is 1. The molecular weight excluding hydrogens is 405 g/mol. The van der Waals surface area contributed by atoms with Gasteiger partial charge in [-0.2, -0.15) is 0 Å². The Balaban J connectivity index is 1.50. The Morgan fingerprint density at radius 1 is 0.969 bits per heavy atom. The molecule has 0 aromatic heterocycles. The molecule has 2 amide bonds. The molecule has 2 atom stereocenters. The molecule has 0 spiro atoms. The van der Waals surface area contributed by atoms with E-state index in [2.05, 4.69) is 5.32 Å². The van der Waals surface area contributed by atoms with Crippen LogP contribution in [0.25, 0.3) is 0 Å². The summed E-state index contributed by atoms with van der Waals surface area (Å²) in [7, 11) is 0. The molecule has 32 heavy (non-hydrogen) atoms. The van der Waals surface area contributed by atoms with Gasteiger partial charge in [0.15, 0.2) is 0 Å². The van der Waals surface area contributed by atoms with E-state index in [0.29, 0.717) is 12.1 Å². The van der Waals surface area contributed by atoms with Gasteiger partial charge in [-0.3, -0.25) is 9.59 Å². The van der Waals surface area contributed by atoms with Gasteiger partial charge in [0.1, 0.15) is 5.82 Å². The Morgan fingerprint density at radius 3 is 2.34 bits per heavy atom. The summed E-state index contributed by atoms with van der Waals surface area (Å²) in [5, 5.41) is 3.01. The van der Waals surface area contributed by atoms with Crippen LogP contribution >= 0.6 is 0 Å². The second kappa shape index (κ2) is 10.3. The number of rotatable bonds is 6. The normalized spacial score (nSPS) is 21.3. The quantitative estimate of drug-likeness (QED) is 0.677. The topological polar surface area (TPSA) is 75.4 Å². The second-order valence-corrected chi connectivity index (χ2v) is 9.13. The first-order chi connectivity index (χ1) is 15.5. The molecule has 0 radical (unpaired) electrons. The van der Waals surface area contributed by atoms with Gasteiger partial charge in [0.05, 0.1) is 0 Å². The van der Waals surface area contributed by atoms with E-state index in [0.717, 1.165) is 62.6 Å². The molecule has 0 bridgehead atoms. The summed E-state index contributed by atoms with van der Waals surface area (Å²) < 4.78 is 13.8. The van der Waals surface area contributed by atoms with Crippen LogP contribution in [0.1, 0.15) is 67.3 Å². The van der Waals surface area contributed by atoms with Crippen molar-refractivity contribution in [1.82, 2.24) is 4.90 Å². The van der Waals surface area contributed by atoms with Crippen molar-refractivity contribution >= 4 is 17.5 Å². The standard InChI is InChI=1S/C26H32FN3O2/c27-21-9-5-8-20(16-21)26(32)30(24-11-4-3-10-23(24)28)17-18-12-14-22(15-13-18)29-25(31)19-6-1-2-7-19/h5,8-9,12-16,19,23-24H,1-4,6-7,10-11,17,28H2,(H,29,31). The van der Waals surface area contributed by atoms with Gasteiger partial charge in [0.2, 0.25) is 5.91 Å². The van der Waals surface area contributed by atoms with E-state index in [1.165, 1.54) is 12.1 Å². The van der Waals surface area contributed by atoms with E-state index in [1.54, 1.807) is 17.0 Å². The Hall–Kier alpha value is -2.73. The molecule has 170 valence electrons. The van der Waals surface area contributed by atoms with Gasteiger partial charge in [-0.1, -0.05) is 43.9 Å². The lowest BCUT2D eigenvalue weighted by atomic mass is 9.89. The third-order valence-electron chi connectivity index (χ3n) is 6.81. The third-order valence-corrected chi connectivity index (χ3v) is 6.81. The highest BCUT2D eigenvalue weighted by Gasteiger charge is 2.31. The van der Waals surface area contributed by atoms with Crippen molar-refractivity contribution in [1.29, 1.82) is 0 Å². The third kappa shape index (κ3) is 5.36. The largest absolute Gasteiger partial charge is 0.330 e. The van der Waals surface area contributed by atoms with Crippen LogP contribution in [-0.2, 0) is 11.3 Å². The zero-order valence-electron chi connectivity index (χ0n) is 18.4. The van der Waals surface area contributed by atoms with Crippen LogP contribution < -0.4 is 11.1 Å². The Kier molecular flexibility index (Phi) is 7.20. The number of carbonyl (C=O) groups excluding carboxylic acids is 2. The van der Waals surface area contributed by atoms with Crippen LogP contribution in [0.15, 0.2) is 48.5 Å². The first-order valence-electron chi connectivity index (χ1n) is 11.7. The molecule has 2 fully saturated rings. The minimum absolute atomic E-state index is 0.0822. The molecule has 6 heteroatoms. The number of hydrogen-bond donors (Lipinski definition) is 2. The Morgan fingerprint density at radius 2 is 1.66 bits per heavy atom.